The van der Waals surface area contributed by atoms with Crippen molar-refractivity contribution >= 4 is 39.2 Å². The summed E-state index contributed by atoms with van der Waals surface area (Å²) in [7, 11) is -2.45. The summed E-state index contributed by atoms with van der Waals surface area (Å²) in [5.41, 5.74) is 2.06. The lowest BCUT2D eigenvalue weighted by Crippen LogP contribution is -2.37. The predicted molar refractivity (Wildman–Crippen MR) is 139 cm³/mol. The molecule has 0 aromatic heterocycles. The number of anilines is 2. The van der Waals surface area contributed by atoms with Crippen molar-refractivity contribution < 1.29 is 31.9 Å². The van der Waals surface area contributed by atoms with Gasteiger partial charge in [-0.05, 0) is 73.0 Å². The summed E-state index contributed by atoms with van der Waals surface area (Å²) < 4.78 is 45.9. The molecule has 0 fully saturated rings. The topological polar surface area (TPSA) is 113 Å². The van der Waals surface area contributed by atoms with Gasteiger partial charge < -0.3 is 15.0 Å². The van der Waals surface area contributed by atoms with Crippen LogP contribution in [-0.2, 0) is 30.8 Å². The van der Waals surface area contributed by atoms with Crippen molar-refractivity contribution in [2.24, 2.45) is 0 Å². The maximum atomic E-state index is 13.2. The lowest BCUT2D eigenvalue weighted by Gasteiger charge is -2.30. The number of esters is 1. The number of hydrogen-bond donors (Lipinski definition) is 1. The van der Waals surface area contributed by atoms with Crippen LogP contribution in [0, 0.1) is 5.82 Å². The summed E-state index contributed by atoms with van der Waals surface area (Å²) in [6, 6.07) is 17.8. The van der Waals surface area contributed by atoms with E-state index in [0.717, 1.165) is 16.9 Å². The number of amides is 2. The molecule has 0 saturated heterocycles. The molecule has 1 aliphatic rings. The average Bonchev–Trinajstić information content (AvgIpc) is 2.92. The Morgan fingerprint density at radius 1 is 1.00 bits per heavy atom. The summed E-state index contributed by atoms with van der Waals surface area (Å²) in [6.07, 6.45) is 1.51. The number of likely N-dealkylation sites (N-methyl/N-ethyl adjacent to an activating group) is 1. The Bertz CT molecular complexity index is 1440. The fraction of sp³-hybridized carbons (Fsp3) is 0.222. The number of hydrogen-bond acceptors (Lipinski definition) is 6. The number of nitrogens with zero attached hydrogens (tertiary/aromatic N) is 2. The van der Waals surface area contributed by atoms with Crippen molar-refractivity contribution in [1.29, 1.82) is 0 Å². The molecule has 1 aliphatic heterocycles. The molecular weight excluding hydrogens is 513 g/mol. The normalized spacial score (nSPS) is 12.8. The number of fused-ring (bicyclic) bond motifs is 1. The van der Waals surface area contributed by atoms with Crippen LogP contribution < -0.4 is 9.62 Å². The first kappa shape index (κ1) is 26.8. The minimum atomic E-state index is -3.83. The van der Waals surface area contributed by atoms with Crippen LogP contribution in [-0.4, -0.2) is 57.8 Å². The number of nitrogens with one attached hydrogen (secondary N) is 1. The molecule has 0 radical (unpaired) electrons. The van der Waals surface area contributed by atoms with E-state index in [1.54, 1.807) is 12.1 Å². The Hall–Kier alpha value is -4.25. The minimum absolute atomic E-state index is 0.0359. The second-order valence-electron chi connectivity index (χ2n) is 8.71. The average molecular weight is 540 g/mol. The fourth-order valence-electron chi connectivity index (χ4n) is 4.00. The van der Waals surface area contributed by atoms with Gasteiger partial charge in [-0.2, -0.15) is 0 Å². The molecule has 0 spiro atoms. The van der Waals surface area contributed by atoms with E-state index in [1.807, 2.05) is 12.1 Å². The minimum Gasteiger partial charge on any atom is -0.452 e. The van der Waals surface area contributed by atoms with Crippen LogP contribution in [0.5, 0.6) is 0 Å². The quantitative estimate of drug-likeness (QED) is 0.440. The SMILES string of the molecule is CN(CC(=O)Nc1ccc(F)cc1)C(=O)COC(=O)c1ccc(S(=O)(=O)N2CCCc3ccccc32)cc1. The fourth-order valence-corrected chi connectivity index (χ4v) is 5.54. The Morgan fingerprint density at radius 3 is 2.39 bits per heavy atom. The van der Waals surface area contributed by atoms with Gasteiger partial charge in [0.2, 0.25) is 5.91 Å². The van der Waals surface area contributed by atoms with Gasteiger partial charge in [-0.1, -0.05) is 18.2 Å². The van der Waals surface area contributed by atoms with Gasteiger partial charge in [-0.15, -0.1) is 0 Å². The van der Waals surface area contributed by atoms with Gasteiger partial charge in [0.15, 0.2) is 6.61 Å². The van der Waals surface area contributed by atoms with Crippen LogP contribution in [0.1, 0.15) is 22.3 Å². The molecule has 4 rings (SSSR count). The van der Waals surface area contributed by atoms with Gasteiger partial charge in [0, 0.05) is 19.3 Å². The van der Waals surface area contributed by atoms with Crippen molar-refractivity contribution in [2.45, 2.75) is 17.7 Å². The zero-order valence-corrected chi connectivity index (χ0v) is 21.4. The van der Waals surface area contributed by atoms with Gasteiger partial charge in [-0.25, -0.2) is 17.6 Å². The van der Waals surface area contributed by atoms with Gasteiger partial charge >= 0.3 is 5.97 Å². The van der Waals surface area contributed by atoms with E-state index in [0.29, 0.717) is 24.3 Å². The van der Waals surface area contributed by atoms with E-state index < -0.39 is 40.2 Å². The number of carbonyl (C=O) groups excluding carboxylic acids is 3. The van der Waals surface area contributed by atoms with Gasteiger partial charge in [-0.3, -0.25) is 13.9 Å². The smallest absolute Gasteiger partial charge is 0.338 e. The molecule has 1 heterocycles. The molecular formula is C27H26FN3O6S. The summed E-state index contributed by atoms with van der Waals surface area (Å²) >= 11 is 0. The van der Waals surface area contributed by atoms with Crippen LogP contribution in [0.2, 0.25) is 0 Å². The molecule has 38 heavy (non-hydrogen) atoms. The highest BCUT2D eigenvalue weighted by atomic mass is 32.2. The van der Waals surface area contributed by atoms with Crippen LogP contribution in [0.4, 0.5) is 15.8 Å². The summed E-state index contributed by atoms with van der Waals surface area (Å²) in [4.78, 5) is 38.0. The Balaban J connectivity index is 1.31. The molecule has 198 valence electrons. The van der Waals surface area contributed by atoms with Gasteiger partial charge in [0.25, 0.3) is 15.9 Å². The van der Waals surface area contributed by atoms with Crippen molar-refractivity contribution in [3.05, 3.63) is 89.7 Å². The number of rotatable bonds is 8. The molecule has 0 unspecified atom stereocenters. The number of halogens is 1. The molecule has 2 amide bonds. The second-order valence-corrected chi connectivity index (χ2v) is 10.6. The molecule has 3 aromatic carbocycles. The third-order valence-electron chi connectivity index (χ3n) is 6.01. The van der Waals surface area contributed by atoms with Crippen LogP contribution >= 0.6 is 0 Å². The molecule has 0 atom stereocenters. The predicted octanol–water partition coefficient (Wildman–Crippen LogP) is 3.22. The van der Waals surface area contributed by atoms with Crippen molar-refractivity contribution in [3.63, 3.8) is 0 Å². The maximum absolute atomic E-state index is 13.2. The molecule has 11 heteroatoms. The number of benzene rings is 3. The molecule has 0 bridgehead atoms. The molecule has 3 aromatic rings. The van der Waals surface area contributed by atoms with Crippen LogP contribution in [0.25, 0.3) is 0 Å². The maximum Gasteiger partial charge on any atom is 0.338 e. The first-order valence-corrected chi connectivity index (χ1v) is 13.3. The summed E-state index contributed by atoms with van der Waals surface area (Å²) in [6.45, 7) is -0.551. The Morgan fingerprint density at radius 2 is 1.68 bits per heavy atom. The third-order valence-corrected chi connectivity index (χ3v) is 7.83. The Kier molecular flexibility index (Phi) is 8.06. The van der Waals surface area contributed by atoms with E-state index in [1.165, 1.54) is 59.9 Å². The largest absolute Gasteiger partial charge is 0.452 e. The first-order valence-electron chi connectivity index (χ1n) is 11.8. The number of ether oxygens (including phenoxy) is 1. The van der Waals surface area contributed by atoms with Crippen LogP contribution in [0.15, 0.2) is 77.7 Å². The van der Waals surface area contributed by atoms with E-state index in [2.05, 4.69) is 5.32 Å². The van der Waals surface area contributed by atoms with E-state index in [-0.39, 0.29) is 17.0 Å². The van der Waals surface area contributed by atoms with Crippen molar-refractivity contribution in [2.75, 3.05) is 36.4 Å². The number of carbonyl (C=O) groups is 3. The summed E-state index contributed by atoms with van der Waals surface area (Å²) in [5.74, 6) is -2.38. The summed E-state index contributed by atoms with van der Waals surface area (Å²) in [5, 5.41) is 2.53. The van der Waals surface area contributed by atoms with Crippen molar-refractivity contribution in [1.82, 2.24) is 4.90 Å². The van der Waals surface area contributed by atoms with Gasteiger partial charge in [0.1, 0.15) is 5.82 Å². The Labute approximate surface area is 219 Å². The number of para-hydroxylation sites is 1. The molecule has 9 nitrogen and oxygen atoms in total. The highest BCUT2D eigenvalue weighted by molar-refractivity contribution is 7.92. The standard InChI is InChI=1S/C27H26FN3O6S/c1-30(17-25(32)29-22-12-10-21(28)11-13-22)26(33)18-37-27(34)20-8-14-23(15-9-20)38(35,36)31-16-4-6-19-5-2-3-7-24(19)31/h2-3,5,7-15H,4,6,16-18H2,1H3,(H,29,32). The number of aryl methyl sites for hydroxylation is 1. The first-order chi connectivity index (χ1) is 18.1. The molecule has 0 saturated carbocycles. The van der Waals surface area contributed by atoms with E-state index >= 15 is 0 Å². The highest BCUT2D eigenvalue weighted by Crippen LogP contribution is 2.31. The third kappa shape index (κ3) is 6.17. The zero-order chi connectivity index (χ0) is 27.3. The van der Waals surface area contributed by atoms with E-state index in [4.69, 9.17) is 4.74 Å². The van der Waals surface area contributed by atoms with E-state index in [9.17, 15) is 27.2 Å². The zero-order valence-electron chi connectivity index (χ0n) is 20.6. The lowest BCUT2D eigenvalue weighted by molar-refractivity contribution is -0.136. The van der Waals surface area contributed by atoms with Gasteiger partial charge in [0.05, 0.1) is 22.7 Å². The number of sulfonamides is 1. The monoisotopic (exact) mass is 539 g/mol. The van der Waals surface area contributed by atoms with Crippen molar-refractivity contribution in [3.8, 4) is 0 Å². The molecule has 1 N–H and O–H groups in total. The molecule has 0 aliphatic carbocycles. The second kappa shape index (κ2) is 11.4. The lowest BCUT2D eigenvalue weighted by atomic mass is 10.0. The highest BCUT2D eigenvalue weighted by Gasteiger charge is 2.29. The van der Waals surface area contributed by atoms with Crippen LogP contribution in [0.3, 0.4) is 0 Å².